The van der Waals surface area contributed by atoms with Crippen LogP contribution >= 0.6 is 0 Å². The van der Waals surface area contributed by atoms with Crippen LogP contribution in [0, 0.1) is 0 Å². The van der Waals surface area contributed by atoms with Gasteiger partial charge in [-0.3, -0.25) is 19.6 Å². The Morgan fingerprint density at radius 3 is 0.824 bits per heavy atom. The van der Waals surface area contributed by atoms with Gasteiger partial charge in [-0.05, 0) is 54.4 Å². The molecule has 0 aromatic heterocycles. The Morgan fingerprint density at radius 1 is 0.529 bits per heavy atom. The minimum atomic E-state index is -0.132. The molecule has 0 saturated carbocycles. The van der Waals surface area contributed by atoms with Crippen molar-refractivity contribution in [3.05, 3.63) is 0 Å². The molecule has 0 N–H and O–H groups in total. The predicted molar refractivity (Wildman–Crippen MR) is 75.9 cm³/mol. The molecule has 0 unspecified atom stereocenters. The van der Waals surface area contributed by atoms with Gasteiger partial charge in [0.05, 0.1) is 0 Å². The minimum absolute atomic E-state index is 0.132. The summed E-state index contributed by atoms with van der Waals surface area (Å²) in [5.74, 6) is -0.132. The summed E-state index contributed by atoms with van der Waals surface area (Å²) in [6.45, 7) is 13.0. The lowest BCUT2D eigenvalue weighted by atomic mass is 10.3. The van der Waals surface area contributed by atoms with Crippen molar-refractivity contribution < 1.29 is 0 Å². The second-order valence-electron chi connectivity index (χ2n) is 4.66. The van der Waals surface area contributed by atoms with Crippen LogP contribution in [0.1, 0.15) is 27.7 Å². The van der Waals surface area contributed by atoms with E-state index in [0.717, 1.165) is 26.2 Å². The molecule has 0 aliphatic carbocycles. The quantitative estimate of drug-likeness (QED) is 0.598. The van der Waals surface area contributed by atoms with Crippen molar-refractivity contribution in [2.24, 2.45) is 0 Å². The average molecular weight is 244 g/mol. The van der Waals surface area contributed by atoms with Crippen LogP contribution < -0.4 is 0 Å². The van der Waals surface area contributed by atoms with Gasteiger partial charge in [0.1, 0.15) is 0 Å². The molecule has 0 rings (SSSR count). The standard InChI is InChI=1S/C13H32N4/c1-9-14(5)13(15(6)10-2,16(7)11-3)17(8)12-4/h9-12H2,1-8H3. The molecular weight excluding hydrogens is 212 g/mol. The van der Waals surface area contributed by atoms with Crippen molar-refractivity contribution in [3.8, 4) is 0 Å². The zero-order valence-electron chi connectivity index (χ0n) is 13.1. The third-order valence-corrected chi connectivity index (χ3v) is 3.95. The van der Waals surface area contributed by atoms with Gasteiger partial charge in [0.2, 0.25) is 0 Å². The van der Waals surface area contributed by atoms with Gasteiger partial charge in [-0.15, -0.1) is 0 Å². The topological polar surface area (TPSA) is 13.0 Å². The van der Waals surface area contributed by atoms with Crippen molar-refractivity contribution in [1.29, 1.82) is 0 Å². The van der Waals surface area contributed by atoms with Gasteiger partial charge < -0.3 is 0 Å². The molecule has 0 aliphatic heterocycles. The first kappa shape index (κ1) is 16.8. The summed E-state index contributed by atoms with van der Waals surface area (Å²) in [6, 6.07) is 0. The van der Waals surface area contributed by atoms with Crippen LogP contribution in [0.4, 0.5) is 0 Å². The van der Waals surface area contributed by atoms with E-state index in [9.17, 15) is 0 Å². The Labute approximate surface area is 108 Å². The van der Waals surface area contributed by atoms with Crippen molar-refractivity contribution in [2.75, 3.05) is 54.4 Å². The van der Waals surface area contributed by atoms with Crippen LogP contribution in [0.2, 0.25) is 0 Å². The molecular formula is C13H32N4. The lowest BCUT2D eigenvalue weighted by molar-refractivity contribution is -0.228. The van der Waals surface area contributed by atoms with Gasteiger partial charge in [-0.25, -0.2) is 0 Å². The molecule has 0 bridgehead atoms. The zero-order valence-corrected chi connectivity index (χ0v) is 13.1. The predicted octanol–water partition coefficient (Wildman–Crippen LogP) is 1.40. The second-order valence-corrected chi connectivity index (χ2v) is 4.66. The largest absolute Gasteiger partial charge is 0.263 e. The Kier molecular flexibility index (Phi) is 7.24. The summed E-state index contributed by atoms with van der Waals surface area (Å²) < 4.78 is 0. The molecule has 0 spiro atoms. The fourth-order valence-electron chi connectivity index (χ4n) is 2.60. The van der Waals surface area contributed by atoms with E-state index in [2.05, 4.69) is 75.5 Å². The SMILES string of the molecule is CCN(C)C(N(C)CC)(N(C)CC)N(C)CC. The molecule has 4 heteroatoms. The molecule has 104 valence electrons. The van der Waals surface area contributed by atoms with Gasteiger partial charge in [-0.2, -0.15) is 0 Å². The van der Waals surface area contributed by atoms with E-state index in [1.54, 1.807) is 0 Å². The van der Waals surface area contributed by atoms with E-state index >= 15 is 0 Å². The Hall–Kier alpha value is -0.160. The van der Waals surface area contributed by atoms with Gasteiger partial charge >= 0.3 is 0 Å². The van der Waals surface area contributed by atoms with E-state index in [4.69, 9.17) is 0 Å². The summed E-state index contributed by atoms with van der Waals surface area (Å²) >= 11 is 0. The molecule has 0 saturated heterocycles. The summed E-state index contributed by atoms with van der Waals surface area (Å²) in [6.07, 6.45) is 0. The highest BCUT2D eigenvalue weighted by atomic mass is 15.7. The highest BCUT2D eigenvalue weighted by molar-refractivity contribution is 4.84. The first-order chi connectivity index (χ1) is 7.93. The van der Waals surface area contributed by atoms with Gasteiger partial charge in [0.25, 0.3) is 0 Å². The fraction of sp³-hybridized carbons (Fsp3) is 1.00. The summed E-state index contributed by atoms with van der Waals surface area (Å²) in [4.78, 5) is 9.62. The van der Waals surface area contributed by atoms with E-state index in [1.807, 2.05) is 0 Å². The van der Waals surface area contributed by atoms with Crippen molar-refractivity contribution in [2.45, 2.75) is 33.6 Å². The summed E-state index contributed by atoms with van der Waals surface area (Å²) in [5, 5.41) is 0. The first-order valence-electron chi connectivity index (χ1n) is 6.78. The van der Waals surface area contributed by atoms with E-state index in [1.165, 1.54) is 0 Å². The highest BCUT2D eigenvalue weighted by Crippen LogP contribution is 2.25. The van der Waals surface area contributed by atoms with Crippen molar-refractivity contribution >= 4 is 0 Å². The van der Waals surface area contributed by atoms with Crippen LogP contribution in [0.3, 0.4) is 0 Å². The molecule has 0 amide bonds. The molecule has 4 nitrogen and oxygen atoms in total. The third-order valence-electron chi connectivity index (χ3n) is 3.95. The number of hydrogen-bond donors (Lipinski definition) is 0. The van der Waals surface area contributed by atoms with E-state index < -0.39 is 0 Å². The number of hydrogen-bond acceptors (Lipinski definition) is 4. The number of rotatable bonds is 8. The fourth-order valence-corrected chi connectivity index (χ4v) is 2.60. The molecule has 0 atom stereocenters. The third kappa shape index (κ3) is 2.99. The molecule has 0 aromatic rings. The van der Waals surface area contributed by atoms with Crippen LogP contribution in [0.15, 0.2) is 0 Å². The monoisotopic (exact) mass is 244 g/mol. The van der Waals surface area contributed by atoms with Crippen LogP contribution in [-0.4, -0.2) is 79.9 Å². The van der Waals surface area contributed by atoms with Crippen LogP contribution in [0.5, 0.6) is 0 Å². The van der Waals surface area contributed by atoms with Crippen LogP contribution in [0.25, 0.3) is 0 Å². The lowest BCUT2D eigenvalue weighted by Gasteiger charge is -2.56. The maximum Gasteiger partial charge on any atom is 0.190 e. The van der Waals surface area contributed by atoms with Crippen molar-refractivity contribution in [3.63, 3.8) is 0 Å². The normalized spacial score (nSPS) is 13.4. The molecule has 17 heavy (non-hydrogen) atoms. The van der Waals surface area contributed by atoms with Crippen molar-refractivity contribution in [1.82, 2.24) is 19.6 Å². The second kappa shape index (κ2) is 7.31. The summed E-state index contributed by atoms with van der Waals surface area (Å²) in [7, 11) is 8.80. The highest BCUT2D eigenvalue weighted by Gasteiger charge is 2.44. The molecule has 0 aliphatic rings. The summed E-state index contributed by atoms with van der Waals surface area (Å²) in [5.41, 5.74) is 0. The number of nitrogens with zero attached hydrogens (tertiary/aromatic N) is 4. The van der Waals surface area contributed by atoms with E-state index in [-0.39, 0.29) is 5.91 Å². The molecule has 0 radical (unpaired) electrons. The maximum atomic E-state index is 2.41. The average Bonchev–Trinajstić information content (AvgIpc) is 2.37. The zero-order chi connectivity index (χ0) is 13.6. The molecule has 0 heterocycles. The van der Waals surface area contributed by atoms with Crippen LogP contribution in [-0.2, 0) is 0 Å². The Balaban J connectivity index is 5.51. The molecule has 0 fully saturated rings. The molecule has 0 aromatic carbocycles. The van der Waals surface area contributed by atoms with Gasteiger partial charge in [0.15, 0.2) is 5.91 Å². The minimum Gasteiger partial charge on any atom is -0.263 e. The van der Waals surface area contributed by atoms with E-state index in [0.29, 0.717) is 0 Å². The Morgan fingerprint density at radius 2 is 0.706 bits per heavy atom. The smallest absolute Gasteiger partial charge is 0.190 e. The van der Waals surface area contributed by atoms with Gasteiger partial charge in [-0.1, -0.05) is 27.7 Å². The Bertz CT molecular complexity index is 162. The van der Waals surface area contributed by atoms with Gasteiger partial charge in [0, 0.05) is 0 Å². The lowest BCUT2D eigenvalue weighted by Crippen LogP contribution is -2.74. The maximum absolute atomic E-state index is 2.41. The first-order valence-corrected chi connectivity index (χ1v) is 6.78.